The molecule has 5 heteroatoms. The van der Waals surface area contributed by atoms with Crippen LogP contribution in [0.4, 0.5) is 5.69 Å². The van der Waals surface area contributed by atoms with Crippen LogP contribution < -0.4 is 10.2 Å². The summed E-state index contributed by atoms with van der Waals surface area (Å²) in [5, 5.41) is 2.90. The number of rotatable bonds is 4. The highest BCUT2D eigenvalue weighted by molar-refractivity contribution is 5.98. The lowest BCUT2D eigenvalue weighted by molar-refractivity contribution is -0.118. The van der Waals surface area contributed by atoms with E-state index in [0.29, 0.717) is 25.1 Å². The van der Waals surface area contributed by atoms with Gasteiger partial charge in [-0.15, -0.1) is 0 Å². The molecule has 2 aromatic rings. The predicted molar refractivity (Wildman–Crippen MR) is 92.9 cm³/mol. The number of hydrogen-bond donors (Lipinski definition) is 1. The van der Waals surface area contributed by atoms with E-state index in [-0.39, 0.29) is 11.8 Å². The Morgan fingerprint density at radius 2 is 2.08 bits per heavy atom. The van der Waals surface area contributed by atoms with Gasteiger partial charge in [-0.1, -0.05) is 13.0 Å². The van der Waals surface area contributed by atoms with E-state index in [4.69, 9.17) is 0 Å². The van der Waals surface area contributed by atoms with Crippen molar-refractivity contribution in [2.24, 2.45) is 0 Å². The van der Waals surface area contributed by atoms with Gasteiger partial charge in [0.25, 0.3) is 5.91 Å². The van der Waals surface area contributed by atoms with Gasteiger partial charge in [-0.25, -0.2) is 0 Å². The molecule has 1 aromatic carbocycles. The maximum absolute atomic E-state index is 12.4. The molecule has 0 aliphatic carbocycles. The van der Waals surface area contributed by atoms with Crippen LogP contribution in [0.15, 0.2) is 36.4 Å². The monoisotopic (exact) mass is 323 g/mol. The Hall–Kier alpha value is -2.69. The van der Waals surface area contributed by atoms with Gasteiger partial charge in [0.2, 0.25) is 5.91 Å². The Morgan fingerprint density at radius 1 is 1.25 bits per heavy atom. The smallest absolute Gasteiger partial charge is 0.251 e. The minimum absolute atomic E-state index is 0.122. The zero-order chi connectivity index (χ0) is 17.1. The molecule has 124 valence electrons. The van der Waals surface area contributed by atoms with Crippen molar-refractivity contribution in [3.8, 4) is 0 Å². The van der Waals surface area contributed by atoms with Crippen LogP contribution in [0, 0.1) is 6.92 Å². The average molecular weight is 323 g/mol. The van der Waals surface area contributed by atoms with Crippen molar-refractivity contribution in [2.75, 3.05) is 11.4 Å². The summed E-state index contributed by atoms with van der Waals surface area (Å²) in [4.78, 5) is 30.5. The molecule has 1 N–H and O–H groups in total. The van der Waals surface area contributed by atoms with E-state index in [1.165, 1.54) is 0 Å². The predicted octanol–water partition coefficient (Wildman–Crippen LogP) is 2.62. The number of carbonyl (C=O) groups excluding carboxylic acids is 2. The molecular weight excluding hydrogens is 302 g/mol. The van der Waals surface area contributed by atoms with E-state index >= 15 is 0 Å². The second kappa shape index (κ2) is 6.83. The molecule has 0 saturated carbocycles. The molecule has 0 spiro atoms. The van der Waals surface area contributed by atoms with Crippen molar-refractivity contribution < 1.29 is 9.59 Å². The number of hydrogen-bond acceptors (Lipinski definition) is 3. The number of anilines is 1. The molecule has 1 aromatic heterocycles. The van der Waals surface area contributed by atoms with Crippen LogP contribution in [0.1, 0.15) is 40.7 Å². The standard InChI is InChI=1S/C19H21N3O2/c1-3-18(23)22-10-9-14-11-15(7-8-17(14)22)19(24)20-12-16-6-4-5-13(2)21-16/h4-8,11H,3,9-10,12H2,1-2H3,(H,20,24). The maximum Gasteiger partial charge on any atom is 0.251 e. The molecule has 0 saturated heterocycles. The van der Waals surface area contributed by atoms with Crippen LogP contribution in [-0.2, 0) is 17.8 Å². The molecule has 2 amide bonds. The Bertz CT molecular complexity index is 786. The third-order valence-electron chi connectivity index (χ3n) is 4.22. The highest BCUT2D eigenvalue weighted by Crippen LogP contribution is 2.29. The fourth-order valence-corrected chi connectivity index (χ4v) is 2.96. The van der Waals surface area contributed by atoms with Gasteiger partial charge in [-0.2, -0.15) is 0 Å². The summed E-state index contributed by atoms with van der Waals surface area (Å²) in [6.07, 6.45) is 1.28. The fourth-order valence-electron chi connectivity index (χ4n) is 2.96. The van der Waals surface area contributed by atoms with Gasteiger partial charge < -0.3 is 10.2 Å². The molecule has 3 rings (SSSR count). The number of amides is 2. The van der Waals surface area contributed by atoms with Crippen molar-refractivity contribution >= 4 is 17.5 Å². The lowest BCUT2D eigenvalue weighted by atomic mass is 10.1. The van der Waals surface area contributed by atoms with E-state index in [1.54, 1.807) is 11.0 Å². The topological polar surface area (TPSA) is 62.3 Å². The van der Waals surface area contributed by atoms with Gasteiger partial charge in [-0.05, 0) is 49.2 Å². The average Bonchev–Trinajstić information content (AvgIpc) is 3.02. The number of aryl methyl sites for hydroxylation is 1. The van der Waals surface area contributed by atoms with Gasteiger partial charge in [0.1, 0.15) is 0 Å². The van der Waals surface area contributed by atoms with Gasteiger partial charge in [0, 0.05) is 29.9 Å². The molecule has 1 aliphatic heterocycles. The van der Waals surface area contributed by atoms with Crippen LogP contribution in [-0.4, -0.2) is 23.3 Å². The highest BCUT2D eigenvalue weighted by Gasteiger charge is 2.24. The summed E-state index contributed by atoms with van der Waals surface area (Å²) >= 11 is 0. The normalized spacial score (nSPS) is 12.8. The van der Waals surface area contributed by atoms with Crippen molar-refractivity contribution in [2.45, 2.75) is 33.2 Å². The zero-order valence-electron chi connectivity index (χ0n) is 14.0. The molecule has 0 radical (unpaired) electrons. The van der Waals surface area contributed by atoms with Crippen LogP contribution >= 0.6 is 0 Å². The quantitative estimate of drug-likeness (QED) is 0.941. The Morgan fingerprint density at radius 3 is 2.83 bits per heavy atom. The second-order valence-electron chi connectivity index (χ2n) is 5.95. The van der Waals surface area contributed by atoms with Crippen LogP contribution in [0.3, 0.4) is 0 Å². The van der Waals surface area contributed by atoms with Crippen molar-refractivity contribution in [1.82, 2.24) is 10.3 Å². The first-order valence-corrected chi connectivity index (χ1v) is 8.22. The summed E-state index contributed by atoms with van der Waals surface area (Å²) in [6.45, 7) is 4.88. The lowest BCUT2D eigenvalue weighted by Gasteiger charge is -2.16. The minimum Gasteiger partial charge on any atom is -0.346 e. The Kier molecular flexibility index (Phi) is 4.60. The van der Waals surface area contributed by atoms with E-state index in [9.17, 15) is 9.59 Å². The summed E-state index contributed by atoms with van der Waals surface area (Å²) in [5.41, 5.74) is 4.37. The fraction of sp³-hybridized carbons (Fsp3) is 0.316. The SMILES string of the molecule is CCC(=O)N1CCc2cc(C(=O)NCc3cccc(C)n3)ccc21. The molecule has 1 aliphatic rings. The van der Waals surface area contributed by atoms with Gasteiger partial charge in [-0.3, -0.25) is 14.6 Å². The first-order valence-electron chi connectivity index (χ1n) is 8.22. The largest absolute Gasteiger partial charge is 0.346 e. The number of aromatic nitrogens is 1. The molecule has 0 unspecified atom stereocenters. The number of carbonyl (C=O) groups is 2. The Balaban J connectivity index is 1.69. The molecule has 0 atom stereocenters. The summed E-state index contributed by atoms with van der Waals surface area (Å²) < 4.78 is 0. The molecular formula is C19H21N3O2. The van der Waals surface area contributed by atoms with E-state index in [0.717, 1.165) is 29.1 Å². The summed E-state index contributed by atoms with van der Waals surface area (Å²) in [5.74, 6) is -0.00199. The Labute approximate surface area is 141 Å². The van der Waals surface area contributed by atoms with Gasteiger partial charge >= 0.3 is 0 Å². The van der Waals surface area contributed by atoms with Crippen molar-refractivity contribution in [3.63, 3.8) is 0 Å². The molecule has 0 bridgehead atoms. The number of pyridine rings is 1. The maximum atomic E-state index is 12.4. The summed E-state index contributed by atoms with van der Waals surface area (Å²) in [7, 11) is 0. The molecule has 5 nitrogen and oxygen atoms in total. The second-order valence-corrected chi connectivity index (χ2v) is 5.95. The zero-order valence-corrected chi connectivity index (χ0v) is 14.0. The number of benzene rings is 1. The molecule has 2 heterocycles. The third kappa shape index (κ3) is 3.30. The lowest BCUT2D eigenvalue weighted by Crippen LogP contribution is -2.27. The van der Waals surface area contributed by atoms with Crippen LogP contribution in [0.25, 0.3) is 0 Å². The van der Waals surface area contributed by atoms with Gasteiger partial charge in [0.15, 0.2) is 0 Å². The van der Waals surface area contributed by atoms with E-state index in [1.807, 2.05) is 44.2 Å². The van der Waals surface area contributed by atoms with E-state index < -0.39 is 0 Å². The first kappa shape index (κ1) is 16.2. The molecule has 0 fully saturated rings. The van der Waals surface area contributed by atoms with E-state index in [2.05, 4.69) is 10.3 Å². The first-order chi connectivity index (χ1) is 11.6. The number of fused-ring (bicyclic) bond motifs is 1. The summed E-state index contributed by atoms with van der Waals surface area (Å²) in [6, 6.07) is 11.3. The third-order valence-corrected chi connectivity index (χ3v) is 4.22. The van der Waals surface area contributed by atoms with Crippen molar-refractivity contribution in [3.05, 3.63) is 58.9 Å². The number of nitrogens with one attached hydrogen (secondary N) is 1. The van der Waals surface area contributed by atoms with Crippen LogP contribution in [0.2, 0.25) is 0 Å². The van der Waals surface area contributed by atoms with Crippen molar-refractivity contribution in [1.29, 1.82) is 0 Å². The minimum atomic E-state index is -0.124. The number of nitrogens with zero attached hydrogens (tertiary/aromatic N) is 2. The van der Waals surface area contributed by atoms with Gasteiger partial charge in [0.05, 0.1) is 12.2 Å². The molecule has 24 heavy (non-hydrogen) atoms. The highest BCUT2D eigenvalue weighted by atomic mass is 16.2. The van der Waals surface area contributed by atoms with Crippen LogP contribution in [0.5, 0.6) is 0 Å².